The van der Waals surface area contributed by atoms with Crippen molar-refractivity contribution >= 4 is 11.8 Å². The average Bonchev–Trinajstić information content (AvgIpc) is 2.39. The second-order valence-corrected chi connectivity index (χ2v) is 4.86. The normalized spacial score (nSPS) is 16.8. The third kappa shape index (κ3) is 2.58. The molecule has 2 rings (SSSR count). The number of nitrogens with two attached hydrogens (primary N) is 1. The molecule has 0 aromatic heterocycles. The van der Waals surface area contributed by atoms with Crippen molar-refractivity contribution < 1.29 is 9.90 Å². The molecule has 3 N–H and O–H groups in total. The Morgan fingerprint density at radius 2 is 2.11 bits per heavy atom. The first-order valence-corrected chi connectivity index (χ1v) is 6.48. The summed E-state index contributed by atoms with van der Waals surface area (Å²) in [5.74, 6) is 0.444. The minimum atomic E-state index is -0.809. The van der Waals surface area contributed by atoms with Crippen LogP contribution >= 0.6 is 0 Å². The Hall–Kier alpha value is -1.71. The summed E-state index contributed by atoms with van der Waals surface area (Å²) in [6, 6.07) is 6.09. The number of hydrogen-bond acceptors (Lipinski definition) is 2. The second-order valence-electron chi connectivity index (χ2n) is 4.86. The van der Waals surface area contributed by atoms with E-state index in [-0.39, 0.29) is 0 Å². The monoisotopic (exact) mass is 248 g/mol. The molecule has 0 atom stereocenters. The van der Waals surface area contributed by atoms with Gasteiger partial charge < -0.3 is 15.7 Å². The number of hydrogen-bond donors (Lipinski definition) is 2. The van der Waals surface area contributed by atoms with Crippen LogP contribution < -0.4 is 5.73 Å². The minimum Gasteiger partial charge on any atom is -0.465 e. The Morgan fingerprint density at radius 3 is 2.67 bits per heavy atom. The lowest BCUT2D eigenvalue weighted by Gasteiger charge is -2.31. The van der Waals surface area contributed by atoms with E-state index in [9.17, 15) is 4.79 Å². The van der Waals surface area contributed by atoms with E-state index in [1.807, 2.05) is 6.07 Å². The molecule has 1 amide bonds. The number of rotatable bonds is 2. The van der Waals surface area contributed by atoms with Crippen molar-refractivity contribution in [3.63, 3.8) is 0 Å². The van der Waals surface area contributed by atoms with E-state index in [0.29, 0.717) is 19.0 Å². The molecule has 4 heteroatoms. The third-order valence-corrected chi connectivity index (χ3v) is 3.76. The molecule has 4 nitrogen and oxygen atoms in total. The molecule has 1 heterocycles. The quantitative estimate of drug-likeness (QED) is 0.791. The van der Waals surface area contributed by atoms with E-state index in [2.05, 4.69) is 19.1 Å². The standard InChI is InChI=1S/C14H20N2O2/c1-2-10-3-4-12(15)9-13(10)11-5-7-16(8-6-11)14(17)18/h3-4,9,11H,2,5-8,15H2,1H3,(H,17,18). The minimum absolute atomic E-state index is 0.444. The molecule has 1 saturated heterocycles. The van der Waals surface area contributed by atoms with Crippen LogP contribution in [0.15, 0.2) is 18.2 Å². The zero-order chi connectivity index (χ0) is 13.1. The summed E-state index contributed by atoms with van der Waals surface area (Å²) in [4.78, 5) is 12.4. The predicted octanol–water partition coefficient (Wildman–Crippen LogP) is 2.69. The largest absolute Gasteiger partial charge is 0.465 e. The molecular formula is C14H20N2O2. The number of carbonyl (C=O) groups is 1. The maximum absolute atomic E-state index is 10.9. The zero-order valence-corrected chi connectivity index (χ0v) is 10.7. The number of carboxylic acid groups (broad SMARTS) is 1. The van der Waals surface area contributed by atoms with Gasteiger partial charge in [0.25, 0.3) is 0 Å². The van der Waals surface area contributed by atoms with Gasteiger partial charge in [0.1, 0.15) is 0 Å². The molecule has 0 radical (unpaired) electrons. The van der Waals surface area contributed by atoms with Crippen LogP contribution in [-0.2, 0) is 6.42 Å². The highest BCUT2D eigenvalue weighted by Gasteiger charge is 2.24. The molecule has 0 unspecified atom stereocenters. The summed E-state index contributed by atoms with van der Waals surface area (Å²) >= 11 is 0. The Balaban J connectivity index is 2.14. The van der Waals surface area contributed by atoms with Crippen LogP contribution in [0.3, 0.4) is 0 Å². The summed E-state index contributed by atoms with van der Waals surface area (Å²) in [7, 11) is 0. The van der Waals surface area contributed by atoms with Gasteiger partial charge in [-0.3, -0.25) is 0 Å². The summed E-state index contributed by atoms with van der Waals surface area (Å²) in [6.07, 6.45) is 1.97. The van der Waals surface area contributed by atoms with Crippen LogP contribution in [0.2, 0.25) is 0 Å². The summed E-state index contributed by atoms with van der Waals surface area (Å²) in [5, 5.41) is 8.95. The lowest BCUT2D eigenvalue weighted by molar-refractivity contribution is 0.132. The molecule has 0 spiro atoms. The molecule has 0 bridgehead atoms. The van der Waals surface area contributed by atoms with Gasteiger partial charge in [0.05, 0.1) is 0 Å². The van der Waals surface area contributed by atoms with Gasteiger partial charge >= 0.3 is 6.09 Å². The first kappa shape index (κ1) is 12.7. The van der Waals surface area contributed by atoms with Gasteiger partial charge in [0, 0.05) is 18.8 Å². The van der Waals surface area contributed by atoms with Crippen molar-refractivity contribution in [2.45, 2.75) is 32.1 Å². The van der Waals surface area contributed by atoms with Crippen LogP contribution in [0.4, 0.5) is 10.5 Å². The first-order valence-electron chi connectivity index (χ1n) is 6.48. The number of amides is 1. The van der Waals surface area contributed by atoms with Crippen molar-refractivity contribution in [1.82, 2.24) is 4.90 Å². The second kappa shape index (κ2) is 5.29. The molecule has 0 aliphatic carbocycles. The van der Waals surface area contributed by atoms with Crippen molar-refractivity contribution in [3.8, 4) is 0 Å². The highest BCUT2D eigenvalue weighted by Crippen LogP contribution is 2.31. The summed E-state index contributed by atoms with van der Waals surface area (Å²) in [6.45, 7) is 3.39. The van der Waals surface area contributed by atoms with E-state index in [1.54, 1.807) is 0 Å². The predicted molar refractivity (Wildman–Crippen MR) is 71.8 cm³/mol. The van der Waals surface area contributed by atoms with E-state index in [0.717, 1.165) is 24.9 Å². The fraction of sp³-hybridized carbons (Fsp3) is 0.500. The zero-order valence-electron chi connectivity index (χ0n) is 10.7. The van der Waals surface area contributed by atoms with E-state index in [4.69, 9.17) is 10.8 Å². The van der Waals surface area contributed by atoms with Crippen LogP contribution in [-0.4, -0.2) is 29.2 Å². The fourth-order valence-electron chi connectivity index (χ4n) is 2.70. The van der Waals surface area contributed by atoms with E-state index < -0.39 is 6.09 Å². The van der Waals surface area contributed by atoms with Gasteiger partial charge in [-0.05, 0) is 48.4 Å². The van der Waals surface area contributed by atoms with Crippen LogP contribution in [0.5, 0.6) is 0 Å². The van der Waals surface area contributed by atoms with E-state index >= 15 is 0 Å². The number of nitrogen functional groups attached to an aromatic ring is 1. The Bertz CT molecular complexity index is 437. The van der Waals surface area contributed by atoms with Gasteiger partial charge in [-0.2, -0.15) is 0 Å². The maximum atomic E-state index is 10.9. The molecule has 1 aromatic rings. The summed E-state index contributed by atoms with van der Waals surface area (Å²) < 4.78 is 0. The molecule has 98 valence electrons. The molecule has 0 saturated carbocycles. The maximum Gasteiger partial charge on any atom is 0.407 e. The lowest BCUT2D eigenvalue weighted by atomic mass is 9.85. The van der Waals surface area contributed by atoms with Gasteiger partial charge in [-0.1, -0.05) is 13.0 Å². The Labute approximate surface area is 107 Å². The molecule has 1 fully saturated rings. The van der Waals surface area contributed by atoms with Crippen LogP contribution in [0.25, 0.3) is 0 Å². The number of benzene rings is 1. The SMILES string of the molecule is CCc1ccc(N)cc1C1CCN(C(=O)O)CC1. The van der Waals surface area contributed by atoms with Gasteiger partial charge in [0.2, 0.25) is 0 Å². The number of likely N-dealkylation sites (tertiary alicyclic amines) is 1. The van der Waals surface area contributed by atoms with Crippen molar-refractivity contribution in [2.75, 3.05) is 18.8 Å². The van der Waals surface area contributed by atoms with E-state index in [1.165, 1.54) is 16.0 Å². The number of anilines is 1. The fourth-order valence-corrected chi connectivity index (χ4v) is 2.70. The van der Waals surface area contributed by atoms with Gasteiger partial charge in [-0.15, -0.1) is 0 Å². The number of nitrogens with zero attached hydrogens (tertiary/aromatic N) is 1. The number of piperidine rings is 1. The van der Waals surface area contributed by atoms with Crippen LogP contribution in [0, 0.1) is 0 Å². The van der Waals surface area contributed by atoms with Crippen molar-refractivity contribution in [2.24, 2.45) is 0 Å². The Morgan fingerprint density at radius 1 is 1.44 bits per heavy atom. The third-order valence-electron chi connectivity index (χ3n) is 3.76. The lowest BCUT2D eigenvalue weighted by Crippen LogP contribution is -2.37. The molecule has 1 aliphatic rings. The molecular weight excluding hydrogens is 228 g/mol. The van der Waals surface area contributed by atoms with Gasteiger partial charge in [0.15, 0.2) is 0 Å². The smallest absolute Gasteiger partial charge is 0.407 e. The van der Waals surface area contributed by atoms with Gasteiger partial charge in [-0.25, -0.2) is 4.79 Å². The molecule has 1 aliphatic heterocycles. The summed E-state index contributed by atoms with van der Waals surface area (Å²) in [5.41, 5.74) is 9.29. The average molecular weight is 248 g/mol. The molecule has 1 aromatic carbocycles. The van der Waals surface area contributed by atoms with Crippen LogP contribution in [0.1, 0.15) is 36.8 Å². The Kier molecular flexibility index (Phi) is 3.75. The van der Waals surface area contributed by atoms with Crippen molar-refractivity contribution in [1.29, 1.82) is 0 Å². The first-order chi connectivity index (χ1) is 8.61. The highest BCUT2D eigenvalue weighted by molar-refractivity contribution is 5.65. The highest BCUT2D eigenvalue weighted by atomic mass is 16.4. The molecule has 18 heavy (non-hydrogen) atoms. The topological polar surface area (TPSA) is 66.6 Å². The van der Waals surface area contributed by atoms with Crippen molar-refractivity contribution in [3.05, 3.63) is 29.3 Å². The number of aryl methyl sites for hydroxylation is 1.